The van der Waals surface area contributed by atoms with Gasteiger partial charge in [-0.25, -0.2) is 5.84 Å². The molecule has 18 heavy (non-hydrogen) atoms. The standard InChI is InChI=1S/C11H12N4O2S/c1-7-2-4-8(5-3-7)10-14-15-11(17-10)18-6-9(16)13-12/h2-5H,6,12H2,1H3,(H,13,16). The number of hydrogen-bond donors (Lipinski definition) is 2. The Labute approximate surface area is 108 Å². The number of nitrogens with one attached hydrogen (secondary N) is 1. The minimum absolute atomic E-state index is 0.145. The molecular weight excluding hydrogens is 252 g/mol. The third kappa shape index (κ3) is 3.08. The molecule has 0 saturated heterocycles. The second kappa shape index (κ2) is 5.65. The number of hydrogen-bond acceptors (Lipinski definition) is 6. The molecule has 0 spiro atoms. The van der Waals surface area contributed by atoms with Gasteiger partial charge in [-0.3, -0.25) is 10.2 Å². The van der Waals surface area contributed by atoms with E-state index in [2.05, 4.69) is 10.2 Å². The number of thioether (sulfide) groups is 1. The van der Waals surface area contributed by atoms with Crippen LogP contribution in [0.5, 0.6) is 0 Å². The molecule has 2 rings (SSSR count). The summed E-state index contributed by atoms with van der Waals surface area (Å²) in [6, 6.07) is 7.75. The summed E-state index contributed by atoms with van der Waals surface area (Å²) < 4.78 is 5.42. The van der Waals surface area contributed by atoms with Gasteiger partial charge >= 0.3 is 0 Å². The van der Waals surface area contributed by atoms with Gasteiger partial charge in [-0.15, -0.1) is 10.2 Å². The fourth-order valence-electron chi connectivity index (χ4n) is 1.25. The van der Waals surface area contributed by atoms with Crippen LogP contribution in [0.15, 0.2) is 33.9 Å². The summed E-state index contributed by atoms with van der Waals surface area (Å²) in [5.41, 5.74) is 4.04. The highest BCUT2D eigenvalue weighted by atomic mass is 32.2. The van der Waals surface area contributed by atoms with E-state index in [0.29, 0.717) is 11.1 Å². The fraction of sp³-hybridized carbons (Fsp3) is 0.182. The van der Waals surface area contributed by atoms with Crippen LogP contribution in [0.3, 0.4) is 0 Å². The van der Waals surface area contributed by atoms with Crippen molar-refractivity contribution >= 4 is 17.7 Å². The second-order valence-corrected chi connectivity index (χ2v) is 4.52. The molecule has 0 aliphatic rings. The summed E-state index contributed by atoms with van der Waals surface area (Å²) in [7, 11) is 0. The van der Waals surface area contributed by atoms with E-state index in [1.807, 2.05) is 36.6 Å². The second-order valence-electron chi connectivity index (χ2n) is 3.60. The SMILES string of the molecule is Cc1ccc(-c2nnc(SCC(=O)NN)o2)cc1. The average molecular weight is 264 g/mol. The average Bonchev–Trinajstić information content (AvgIpc) is 2.85. The van der Waals surface area contributed by atoms with Crippen molar-refractivity contribution in [3.8, 4) is 11.5 Å². The molecule has 0 aliphatic carbocycles. The Morgan fingerprint density at radius 2 is 2.11 bits per heavy atom. The van der Waals surface area contributed by atoms with Gasteiger partial charge in [0.25, 0.3) is 5.22 Å². The van der Waals surface area contributed by atoms with E-state index in [1.165, 1.54) is 0 Å². The van der Waals surface area contributed by atoms with E-state index >= 15 is 0 Å². The van der Waals surface area contributed by atoms with E-state index in [9.17, 15) is 4.79 Å². The highest BCUT2D eigenvalue weighted by molar-refractivity contribution is 7.99. The molecule has 0 saturated carbocycles. The van der Waals surface area contributed by atoms with E-state index in [4.69, 9.17) is 10.3 Å². The molecule has 6 nitrogen and oxygen atoms in total. The minimum Gasteiger partial charge on any atom is -0.411 e. The monoisotopic (exact) mass is 264 g/mol. The first-order chi connectivity index (χ1) is 8.69. The molecule has 0 unspecified atom stereocenters. The number of carbonyl (C=O) groups is 1. The van der Waals surface area contributed by atoms with Crippen LogP contribution >= 0.6 is 11.8 Å². The Morgan fingerprint density at radius 3 is 2.78 bits per heavy atom. The van der Waals surface area contributed by atoms with Gasteiger partial charge < -0.3 is 4.42 Å². The third-order valence-corrected chi connectivity index (χ3v) is 3.01. The molecule has 94 valence electrons. The van der Waals surface area contributed by atoms with Crippen LogP contribution in [0.4, 0.5) is 0 Å². The first kappa shape index (κ1) is 12.6. The number of aryl methyl sites for hydroxylation is 1. The van der Waals surface area contributed by atoms with Crippen LogP contribution in [0.25, 0.3) is 11.5 Å². The topological polar surface area (TPSA) is 94.0 Å². The molecule has 1 heterocycles. The normalized spacial score (nSPS) is 10.3. The van der Waals surface area contributed by atoms with Crippen LogP contribution in [0.1, 0.15) is 5.56 Å². The first-order valence-corrected chi connectivity index (χ1v) is 6.20. The maximum atomic E-state index is 11.0. The predicted octanol–water partition coefficient (Wildman–Crippen LogP) is 1.13. The fourth-order valence-corrected chi connectivity index (χ4v) is 1.82. The Hall–Kier alpha value is -1.86. The number of hydrazine groups is 1. The zero-order valence-electron chi connectivity index (χ0n) is 9.71. The van der Waals surface area contributed by atoms with Crippen molar-refractivity contribution in [3.05, 3.63) is 29.8 Å². The lowest BCUT2D eigenvalue weighted by Crippen LogP contribution is -2.31. The van der Waals surface area contributed by atoms with Gasteiger partial charge in [0.15, 0.2) is 0 Å². The molecule has 7 heteroatoms. The first-order valence-electron chi connectivity index (χ1n) is 5.22. The number of benzene rings is 1. The van der Waals surface area contributed by atoms with Crippen molar-refractivity contribution in [1.82, 2.24) is 15.6 Å². The lowest BCUT2D eigenvalue weighted by atomic mass is 10.1. The highest BCUT2D eigenvalue weighted by Crippen LogP contribution is 2.23. The van der Waals surface area contributed by atoms with Crippen molar-refractivity contribution in [3.63, 3.8) is 0 Å². The Kier molecular flexibility index (Phi) is 3.96. The Morgan fingerprint density at radius 1 is 1.39 bits per heavy atom. The molecule has 0 bridgehead atoms. The summed E-state index contributed by atoms with van der Waals surface area (Å²) in [6.45, 7) is 2.00. The third-order valence-electron chi connectivity index (χ3n) is 2.19. The van der Waals surface area contributed by atoms with E-state index in [1.54, 1.807) is 0 Å². The van der Waals surface area contributed by atoms with Gasteiger partial charge in [0.2, 0.25) is 11.8 Å². The number of rotatable bonds is 4. The van der Waals surface area contributed by atoms with Gasteiger partial charge in [-0.1, -0.05) is 29.5 Å². The lowest BCUT2D eigenvalue weighted by molar-refractivity contribution is -0.118. The molecule has 1 aromatic heterocycles. The molecule has 0 atom stereocenters. The zero-order chi connectivity index (χ0) is 13.0. The summed E-state index contributed by atoms with van der Waals surface area (Å²) in [5, 5.41) is 8.11. The largest absolute Gasteiger partial charge is 0.411 e. The Bertz CT molecular complexity index is 538. The van der Waals surface area contributed by atoms with Crippen molar-refractivity contribution in [2.24, 2.45) is 5.84 Å². The molecule has 3 N–H and O–H groups in total. The maximum Gasteiger partial charge on any atom is 0.277 e. The van der Waals surface area contributed by atoms with Crippen molar-refractivity contribution in [1.29, 1.82) is 0 Å². The quantitative estimate of drug-likeness (QED) is 0.372. The van der Waals surface area contributed by atoms with Gasteiger partial charge in [0, 0.05) is 5.56 Å². The lowest BCUT2D eigenvalue weighted by Gasteiger charge is -1.96. The number of nitrogens with two attached hydrogens (primary N) is 1. The van der Waals surface area contributed by atoms with Crippen molar-refractivity contribution < 1.29 is 9.21 Å². The molecule has 0 fully saturated rings. The van der Waals surface area contributed by atoms with Gasteiger partial charge in [-0.05, 0) is 19.1 Å². The van der Waals surface area contributed by atoms with E-state index in [0.717, 1.165) is 22.9 Å². The number of aromatic nitrogens is 2. The summed E-state index contributed by atoms with van der Waals surface area (Å²) in [6.07, 6.45) is 0. The highest BCUT2D eigenvalue weighted by Gasteiger charge is 2.10. The van der Waals surface area contributed by atoms with E-state index < -0.39 is 0 Å². The van der Waals surface area contributed by atoms with Crippen LogP contribution in [-0.2, 0) is 4.79 Å². The van der Waals surface area contributed by atoms with Crippen LogP contribution in [-0.4, -0.2) is 21.9 Å². The van der Waals surface area contributed by atoms with Crippen LogP contribution < -0.4 is 11.3 Å². The molecule has 0 radical (unpaired) electrons. The van der Waals surface area contributed by atoms with E-state index in [-0.39, 0.29) is 11.7 Å². The Balaban J connectivity index is 2.06. The van der Waals surface area contributed by atoms with Crippen molar-refractivity contribution in [2.45, 2.75) is 12.1 Å². The van der Waals surface area contributed by atoms with Gasteiger partial charge in [0.05, 0.1) is 5.75 Å². The zero-order valence-corrected chi connectivity index (χ0v) is 10.5. The maximum absolute atomic E-state index is 11.0. The van der Waals surface area contributed by atoms with Gasteiger partial charge in [0.1, 0.15) is 0 Å². The summed E-state index contributed by atoms with van der Waals surface area (Å²) in [5.74, 6) is 5.25. The molecule has 1 amide bonds. The minimum atomic E-state index is -0.296. The summed E-state index contributed by atoms with van der Waals surface area (Å²) >= 11 is 1.14. The number of carbonyl (C=O) groups excluding carboxylic acids is 1. The van der Waals surface area contributed by atoms with Crippen molar-refractivity contribution in [2.75, 3.05) is 5.75 Å². The smallest absolute Gasteiger partial charge is 0.277 e. The molecule has 1 aromatic carbocycles. The molecular formula is C11H12N4O2S. The summed E-state index contributed by atoms with van der Waals surface area (Å²) in [4.78, 5) is 11.0. The number of amides is 1. The number of nitrogens with zero attached hydrogens (tertiary/aromatic N) is 2. The molecule has 0 aliphatic heterocycles. The van der Waals surface area contributed by atoms with Crippen LogP contribution in [0, 0.1) is 6.92 Å². The van der Waals surface area contributed by atoms with Gasteiger partial charge in [-0.2, -0.15) is 0 Å². The van der Waals surface area contributed by atoms with Crippen LogP contribution in [0.2, 0.25) is 0 Å². The predicted molar refractivity (Wildman–Crippen MR) is 67.5 cm³/mol. The molecule has 2 aromatic rings.